The summed E-state index contributed by atoms with van der Waals surface area (Å²) in [5.74, 6) is 0. The molecule has 0 N–H and O–H groups in total. The number of hydrogen-bond donors (Lipinski definition) is 0. The highest BCUT2D eigenvalue weighted by Gasteiger charge is 2.19. The first kappa shape index (κ1) is 46.3. The molecule has 0 fully saturated rings. The molecule has 2 heteroatoms. The van der Waals surface area contributed by atoms with Gasteiger partial charge in [0.05, 0.1) is 16.7 Å². The van der Waals surface area contributed by atoms with Crippen LogP contribution in [0.4, 0.5) is 17.1 Å². The van der Waals surface area contributed by atoms with Gasteiger partial charge in [-0.3, -0.25) is 0 Å². The molecule has 0 saturated carbocycles. The minimum Gasteiger partial charge on any atom is -0.310 e. The minimum atomic E-state index is 1.10. The lowest BCUT2D eigenvalue weighted by atomic mass is 9.95. The van der Waals surface area contributed by atoms with Gasteiger partial charge in [0.1, 0.15) is 0 Å². The normalized spacial score (nSPS) is 11.3. The van der Waals surface area contributed by atoms with E-state index >= 15 is 0 Å². The average Bonchev–Trinajstić information content (AvgIpc) is 3.91. The summed E-state index contributed by atoms with van der Waals surface area (Å²) >= 11 is 0. The molecule has 366 valence electrons. The predicted octanol–water partition coefficient (Wildman–Crippen LogP) is 21.1. The molecule has 14 aromatic rings. The van der Waals surface area contributed by atoms with Crippen molar-refractivity contribution in [3.63, 3.8) is 0 Å². The Labute approximate surface area is 455 Å². The van der Waals surface area contributed by atoms with Crippen molar-refractivity contribution < 1.29 is 0 Å². The van der Waals surface area contributed by atoms with Crippen molar-refractivity contribution in [3.05, 3.63) is 315 Å². The Balaban J connectivity index is 0.822. The number of anilines is 3. The second-order valence-electron chi connectivity index (χ2n) is 20.1. The van der Waals surface area contributed by atoms with Crippen molar-refractivity contribution in [2.75, 3.05) is 4.90 Å². The fraction of sp³-hybridized carbons (Fsp3) is 0. The van der Waals surface area contributed by atoms with Crippen molar-refractivity contribution in [2.45, 2.75) is 0 Å². The molecule has 1 aromatic heterocycles. The number of hydrogen-bond acceptors (Lipinski definition) is 1. The van der Waals surface area contributed by atoms with E-state index in [0.29, 0.717) is 0 Å². The predicted molar refractivity (Wildman–Crippen MR) is 331 cm³/mol. The van der Waals surface area contributed by atoms with Crippen LogP contribution < -0.4 is 4.90 Å². The second-order valence-corrected chi connectivity index (χ2v) is 20.1. The zero-order valence-corrected chi connectivity index (χ0v) is 42.9. The van der Waals surface area contributed by atoms with Crippen molar-refractivity contribution in [3.8, 4) is 83.6 Å². The van der Waals surface area contributed by atoms with Crippen LogP contribution in [-0.2, 0) is 0 Å². The Kier molecular flexibility index (Phi) is 11.9. The topological polar surface area (TPSA) is 8.17 Å². The molecule has 0 aliphatic carbocycles. The number of aromatic nitrogens is 1. The molecule has 0 atom stereocenters. The number of benzene rings is 13. The fourth-order valence-corrected chi connectivity index (χ4v) is 11.4. The Morgan fingerprint density at radius 1 is 0.205 bits per heavy atom. The molecule has 1 heterocycles. The van der Waals surface area contributed by atoms with Crippen LogP contribution in [-0.4, -0.2) is 4.57 Å². The lowest BCUT2D eigenvalue weighted by molar-refractivity contribution is 1.18. The summed E-state index contributed by atoms with van der Waals surface area (Å²) in [6, 6.07) is 115. The van der Waals surface area contributed by atoms with Gasteiger partial charge in [-0.2, -0.15) is 0 Å². The van der Waals surface area contributed by atoms with Crippen LogP contribution in [0.3, 0.4) is 0 Å². The van der Waals surface area contributed by atoms with Gasteiger partial charge in [-0.15, -0.1) is 0 Å². The third kappa shape index (κ3) is 8.81. The molecule has 0 aliphatic heterocycles. The van der Waals surface area contributed by atoms with E-state index in [4.69, 9.17) is 0 Å². The molecule has 2 nitrogen and oxygen atoms in total. The summed E-state index contributed by atoms with van der Waals surface area (Å²) in [5, 5.41) is 4.85. The molecule has 0 spiro atoms. The number of rotatable bonds is 11. The standard InChI is InChI=1S/C76H52N2/c1-4-16-53(17-5-1)56-30-38-61(39-31-56)66-48-67(62-40-32-57(33-41-62)54-18-6-2-7-19-54)51-70(50-66)78-75-28-13-12-27-72(75)73-52-65(44-47-76(73)78)60-36-34-59(35-37-60)64-24-14-25-69(49-64)77(74-29-15-23-63-22-10-11-26-71(63)74)68-45-42-58(43-46-68)55-20-8-3-9-21-55/h1-52H. The maximum atomic E-state index is 2.45. The zero-order valence-electron chi connectivity index (χ0n) is 42.9. The van der Waals surface area contributed by atoms with Gasteiger partial charge < -0.3 is 9.47 Å². The summed E-state index contributed by atoms with van der Waals surface area (Å²) in [7, 11) is 0. The molecule has 0 radical (unpaired) electrons. The van der Waals surface area contributed by atoms with Gasteiger partial charge in [0.2, 0.25) is 0 Å². The van der Waals surface area contributed by atoms with Crippen LogP contribution in [0.15, 0.2) is 315 Å². The van der Waals surface area contributed by atoms with Gasteiger partial charge in [-0.1, -0.05) is 249 Å². The molecule has 14 rings (SSSR count). The van der Waals surface area contributed by atoms with Gasteiger partial charge >= 0.3 is 0 Å². The van der Waals surface area contributed by atoms with E-state index in [-0.39, 0.29) is 0 Å². The lowest BCUT2D eigenvalue weighted by Crippen LogP contribution is -2.10. The number of fused-ring (bicyclic) bond motifs is 4. The maximum absolute atomic E-state index is 2.45. The molecule has 0 unspecified atom stereocenters. The summed E-state index contributed by atoms with van der Waals surface area (Å²) in [4.78, 5) is 2.39. The summed E-state index contributed by atoms with van der Waals surface area (Å²) in [5.41, 5.74) is 23.4. The highest BCUT2D eigenvalue weighted by atomic mass is 15.1. The fourth-order valence-electron chi connectivity index (χ4n) is 11.4. The van der Waals surface area contributed by atoms with E-state index in [1.165, 1.54) is 99.3 Å². The van der Waals surface area contributed by atoms with Crippen molar-refractivity contribution in [1.29, 1.82) is 0 Å². The van der Waals surface area contributed by atoms with Crippen molar-refractivity contribution >= 4 is 49.6 Å². The first-order valence-electron chi connectivity index (χ1n) is 26.8. The molecular weight excluding hydrogens is 941 g/mol. The monoisotopic (exact) mass is 992 g/mol. The molecule has 0 aliphatic rings. The molecule has 0 saturated heterocycles. The molecule has 78 heavy (non-hydrogen) atoms. The van der Waals surface area contributed by atoms with Crippen molar-refractivity contribution in [2.24, 2.45) is 0 Å². The minimum absolute atomic E-state index is 1.10. The van der Waals surface area contributed by atoms with Crippen LogP contribution in [0.1, 0.15) is 0 Å². The van der Waals surface area contributed by atoms with E-state index in [0.717, 1.165) is 33.9 Å². The number of nitrogens with zero attached hydrogens (tertiary/aromatic N) is 2. The van der Waals surface area contributed by atoms with Gasteiger partial charge in [0.25, 0.3) is 0 Å². The van der Waals surface area contributed by atoms with E-state index in [2.05, 4.69) is 325 Å². The van der Waals surface area contributed by atoms with Crippen LogP contribution in [0.25, 0.3) is 116 Å². The molecular formula is C76H52N2. The van der Waals surface area contributed by atoms with Gasteiger partial charge in [0, 0.05) is 33.2 Å². The smallest absolute Gasteiger partial charge is 0.0541 e. The van der Waals surface area contributed by atoms with E-state index < -0.39 is 0 Å². The third-order valence-corrected chi connectivity index (χ3v) is 15.4. The van der Waals surface area contributed by atoms with E-state index in [9.17, 15) is 0 Å². The Morgan fingerprint density at radius 3 is 1.15 bits per heavy atom. The summed E-state index contributed by atoms with van der Waals surface area (Å²) < 4.78 is 2.45. The quantitative estimate of drug-likeness (QED) is 0.125. The molecule has 0 amide bonds. The molecule has 13 aromatic carbocycles. The van der Waals surface area contributed by atoms with Crippen LogP contribution in [0, 0.1) is 0 Å². The number of para-hydroxylation sites is 1. The Bertz CT molecular complexity index is 4320. The van der Waals surface area contributed by atoms with Crippen LogP contribution in [0.2, 0.25) is 0 Å². The SMILES string of the molecule is c1ccc(-c2ccc(-c3cc(-c4ccc(-c5ccccc5)cc4)cc(-n4c5ccccc5c5cc(-c6ccc(-c7cccc(N(c8ccc(-c9ccccc9)cc8)c8cccc9ccccc89)c7)cc6)ccc54)c3)cc2)cc1. The van der Waals surface area contributed by atoms with Gasteiger partial charge in [-0.25, -0.2) is 0 Å². The van der Waals surface area contributed by atoms with E-state index in [1.807, 2.05) is 0 Å². The average molecular weight is 993 g/mol. The van der Waals surface area contributed by atoms with Crippen molar-refractivity contribution in [1.82, 2.24) is 4.57 Å². The van der Waals surface area contributed by atoms with Crippen LogP contribution in [0.5, 0.6) is 0 Å². The van der Waals surface area contributed by atoms with Gasteiger partial charge in [-0.05, 0) is 150 Å². The first-order valence-corrected chi connectivity index (χ1v) is 26.8. The lowest BCUT2D eigenvalue weighted by Gasteiger charge is -2.27. The largest absolute Gasteiger partial charge is 0.310 e. The zero-order chi connectivity index (χ0) is 51.8. The Morgan fingerprint density at radius 2 is 0.590 bits per heavy atom. The first-order chi connectivity index (χ1) is 38.6. The van der Waals surface area contributed by atoms with Gasteiger partial charge in [0.15, 0.2) is 0 Å². The maximum Gasteiger partial charge on any atom is 0.0541 e. The second kappa shape index (κ2) is 20.1. The Hall–Kier alpha value is -10.3. The highest BCUT2D eigenvalue weighted by Crippen LogP contribution is 2.43. The third-order valence-electron chi connectivity index (χ3n) is 15.4. The van der Waals surface area contributed by atoms with Crippen LogP contribution >= 0.6 is 0 Å². The highest BCUT2D eigenvalue weighted by molar-refractivity contribution is 6.11. The molecule has 0 bridgehead atoms. The summed E-state index contributed by atoms with van der Waals surface area (Å²) in [6.45, 7) is 0. The van der Waals surface area contributed by atoms with E-state index in [1.54, 1.807) is 0 Å². The summed E-state index contributed by atoms with van der Waals surface area (Å²) in [6.07, 6.45) is 0.